The van der Waals surface area contributed by atoms with Gasteiger partial charge in [-0.3, -0.25) is 4.79 Å². The van der Waals surface area contributed by atoms with E-state index in [-0.39, 0.29) is 26.2 Å². The molecule has 0 saturated carbocycles. The van der Waals surface area contributed by atoms with Crippen molar-refractivity contribution in [3.8, 4) is 0 Å². The number of ketones is 1. The molecule has 0 radical (unpaired) electrons. The monoisotopic (exact) mass is 398 g/mol. The van der Waals surface area contributed by atoms with Gasteiger partial charge in [-0.25, -0.2) is 4.39 Å². The molecule has 0 spiro atoms. The highest BCUT2D eigenvalue weighted by Crippen LogP contribution is 2.40. The van der Waals surface area contributed by atoms with Crippen molar-refractivity contribution in [2.45, 2.75) is 18.5 Å². The maximum atomic E-state index is 13.4. The number of Topliss-reactive ketones (excluding diaryl/α,β-unsaturated/α-hetero) is 1. The Balaban J connectivity index is 2.35. The van der Waals surface area contributed by atoms with E-state index in [0.717, 1.165) is 30.3 Å². The summed E-state index contributed by atoms with van der Waals surface area (Å²) in [7, 11) is 0. The third-order valence-electron chi connectivity index (χ3n) is 3.31. The zero-order valence-corrected chi connectivity index (χ0v) is 14.1. The molecule has 1 unspecified atom stereocenters. The minimum atomic E-state index is -4.69. The van der Waals surface area contributed by atoms with E-state index in [4.69, 9.17) is 34.8 Å². The van der Waals surface area contributed by atoms with Crippen LogP contribution in [0.3, 0.4) is 0 Å². The average Bonchev–Trinajstić information content (AvgIpc) is 2.45. The number of benzene rings is 2. The standard InChI is InChI=1S/C16H9Cl3F4O/c17-10-3-9(4-11(18)6-10)12(16(21,22)23)7-15(24)8-1-2-14(20)13(19)5-8/h1-6,12H,7H2. The number of rotatable bonds is 4. The van der Waals surface area contributed by atoms with Gasteiger partial charge < -0.3 is 0 Å². The first kappa shape index (κ1) is 19.0. The lowest BCUT2D eigenvalue weighted by molar-refractivity contribution is -0.149. The van der Waals surface area contributed by atoms with E-state index in [1.54, 1.807) is 0 Å². The van der Waals surface area contributed by atoms with Gasteiger partial charge in [-0.15, -0.1) is 0 Å². The van der Waals surface area contributed by atoms with Gasteiger partial charge in [0.1, 0.15) is 5.82 Å². The van der Waals surface area contributed by atoms with Crippen molar-refractivity contribution in [3.63, 3.8) is 0 Å². The summed E-state index contributed by atoms with van der Waals surface area (Å²) in [5.74, 6) is -3.68. The van der Waals surface area contributed by atoms with Crippen LogP contribution in [0.5, 0.6) is 0 Å². The molecule has 8 heteroatoms. The predicted octanol–water partition coefficient (Wildman–Crippen LogP) is 6.70. The van der Waals surface area contributed by atoms with Gasteiger partial charge in [-0.2, -0.15) is 13.2 Å². The smallest absolute Gasteiger partial charge is 0.294 e. The molecule has 0 saturated heterocycles. The molecule has 24 heavy (non-hydrogen) atoms. The van der Waals surface area contributed by atoms with Gasteiger partial charge in [0, 0.05) is 22.0 Å². The van der Waals surface area contributed by atoms with E-state index in [2.05, 4.69) is 0 Å². The molecule has 0 heterocycles. The van der Waals surface area contributed by atoms with Crippen LogP contribution in [-0.4, -0.2) is 12.0 Å². The average molecular weight is 400 g/mol. The van der Waals surface area contributed by atoms with E-state index in [0.29, 0.717) is 0 Å². The SMILES string of the molecule is O=C(CC(c1cc(Cl)cc(Cl)c1)C(F)(F)F)c1ccc(F)c(Cl)c1. The van der Waals surface area contributed by atoms with Crippen molar-refractivity contribution >= 4 is 40.6 Å². The molecule has 0 bridgehead atoms. The van der Waals surface area contributed by atoms with Crippen LogP contribution in [0.25, 0.3) is 0 Å². The molecule has 0 aliphatic heterocycles. The molecule has 1 atom stereocenters. The van der Waals surface area contributed by atoms with E-state index in [1.165, 1.54) is 6.07 Å². The Labute approximate surface area is 150 Å². The summed E-state index contributed by atoms with van der Waals surface area (Å²) >= 11 is 17.0. The Morgan fingerprint density at radius 2 is 1.58 bits per heavy atom. The second kappa shape index (κ2) is 7.30. The van der Waals surface area contributed by atoms with E-state index >= 15 is 0 Å². The summed E-state index contributed by atoms with van der Waals surface area (Å²) in [5.41, 5.74) is -0.328. The number of halogens is 7. The normalized spacial score (nSPS) is 13.0. The highest BCUT2D eigenvalue weighted by atomic mass is 35.5. The van der Waals surface area contributed by atoms with Gasteiger partial charge in [0.2, 0.25) is 0 Å². The first-order valence-electron chi connectivity index (χ1n) is 6.59. The van der Waals surface area contributed by atoms with Crippen LogP contribution >= 0.6 is 34.8 Å². The summed E-state index contributed by atoms with van der Waals surface area (Å²) < 4.78 is 53.2. The fraction of sp³-hybridized carbons (Fsp3) is 0.188. The van der Waals surface area contributed by atoms with Crippen molar-refractivity contribution in [1.29, 1.82) is 0 Å². The fourth-order valence-electron chi connectivity index (χ4n) is 2.17. The van der Waals surface area contributed by atoms with E-state index in [1.807, 2.05) is 0 Å². The zero-order valence-electron chi connectivity index (χ0n) is 11.8. The van der Waals surface area contributed by atoms with Crippen LogP contribution in [-0.2, 0) is 0 Å². The molecule has 2 aromatic rings. The molecule has 0 aliphatic carbocycles. The molecule has 0 aliphatic rings. The largest absolute Gasteiger partial charge is 0.396 e. The van der Waals surface area contributed by atoms with Crippen LogP contribution in [0.15, 0.2) is 36.4 Å². The molecule has 2 aromatic carbocycles. The number of hydrogen-bond donors (Lipinski definition) is 0. The Hall–Kier alpha value is -1.30. The fourth-order valence-corrected chi connectivity index (χ4v) is 2.90. The Morgan fingerprint density at radius 1 is 1.00 bits per heavy atom. The number of alkyl halides is 3. The lowest BCUT2D eigenvalue weighted by Crippen LogP contribution is -2.24. The lowest BCUT2D eigenvalue weighted by atomic mass is 9.91. The lowest BCUT2D eigenvalue weighted by Gasteiger charge is -2.20. The molecular formula is C16H9Cl3F4O. The molecule has 0 fully saturated rings. The molecular weight excluding hydrogens is 391 g/mol. The summed E-state index contributed by atoms with van der Waals surface area (Å²) in [6, 6.07) is 6.52. The highest BCUT2D eigenvalue weighted by molar-refractivity contribution is 6.34. The van der Waals surface area contributed by atoms with Crippen LogP contribution in [0.4, 0.5) is 17.6 Å². The van der Waals surface area contributed by atoms with Crippen molar-refractivity contribution in [3.05, 3.63) is 68.4 Å². The minimum absolute atomic E-state index is 0.0315. The molecule has 1 nitrogen and oxygen atoms in total. The van der Waals surface area contributed by atoms with Gasteiger partial charge in [-0.05, 0) is 42.0 Å². The highest BCUT2D eigenvalue weighted by Gasteiger charge is 2.42. The summed E-state index contributed by atoms with van der Waals surface area (Å²) in [4.78, 5) is 12.2. The van der Waals surface area contributed by atoms with E-state index in [9.17, 15) is 22.4 Å². The van der Waals surface area contributed by atoms with Crippen LogP contribution in [0.2, 0.25) is 15.1 Å². The molecule has 2 rings (SSSR count). The van der Waals surface area contributed by atoms with Gasteiger partial charge in [0.05, 0.1) is 10.9 Å². The predicted molar refractivity (Wildman–Crippen MR) is 85.6 cm³/mol. The summed E-state index contributed by atoms with van der Waals surface area (Å²) in [6.45, 7) is 0. The topological polar surface area (TPSA) is 17.1 Å². The van der Waals surface area contributed by atoms with Gasteiger partial charge in [0.25, 0.3) is 0 Å². The Kier molecular flexibility index (Phi) is 5.78. The second-order valence-corrected chi connectivity index (χ2v) is 6.33. The van der Waals surface area contributed by atoms with Crippen molar-refractivity contribution in [2.24, 2.45) is 0 Å². The van der Waals surface area contributed by atoms with E-state index < -0.39 is 30.1 Å². The third-order valence-corrected chi connectivity index (χ3v) is 4.04. The van der Waals surface area contributed by atoms with Crippen LogP contribution < -0.4 is 0 Å². The quantitative estimate of drug-likeness (QED) is 0.413. The maximum Gasteiger partial charge on any atom is 0.396 e. The second-order valence-electron chi connectivity index (χ2n) is 5.05. The third kappa shape index (κ3) is 4.62. The molecule has 0 amide bonds. The Bertz CT molecular complexity index is 754. The van der Waals surface area contributed by atoms with Crippen molar-refractivity contribution in [1.82, 2.24) is 0 Å². The van der Waals surface area contributed by atoms with Gasteiger partial charge in [-0.1, -0.05) is 34.8 Å². The van der Waals surface area contributed by atoms with Gasteiger partial charge >= 0.3 is 6.18 Å². The number of hydrogen-bond acceptors (Lipinski definition) is 1. The Morgan fingerprint density at radius 3 is 2.08 bits per heavy atom. The van der Waals surface area contributed by atoms with Gasteiger partial charge in [0.15, 0.2) is 5.78 Å². The van der Waals surface area contributed by atoms with Crippen molar-refractivity contribution in [2.75, 3.05) is 0 Å². The molecule has 128 valence electrons. The first-order valence-corrected chi connectivity index (χ1v) is 7.72. The summed E-state index contributed by atoms with van der Waals surface area (Å²) in [5, 5.41) is -0.275. The number of carbonyl (C=O) groups is 1. The summed E-state index contributed by atoms with van der Waals surface area (Å²) in [6.07, 6.45) is -5.56. The first-order chi connectivity index (χ1) is 11.1. The minimum Gasteiger partial charge on any atom is -0.294 e. The van der Waals surface area contributed by atoms with Crippen LogP contribution in [0.1, 0.15) is 28.3 Å². The maximum absolute atomic E-state index is 13.4. The molecule has 0 N–H and O–H groups in total. The van der Waals surface area contributed by atoms with Crippen molar-refractivity contribution < 1.29 is 22.4 Å². The number of carbonyl (C=O) groups excluding carboxylic acids is 1. The zero-order chi connectivity index (χ0) is 18.1. The molecule has 0 aromatic heterocycles. The van der Waals surface area contributed by atoms with Crippen LogP contribution in [0, 0.1) is 5.82 Å².